The van der Waals surface area contributed by atoms with Crippen LogP contribution in [0.4, 0.5) is 0 Å². The van der Waals surface area contributed by atoms with Crippen LogP contribution < -0.4 is 10.6 Å². The normalized spacial score (nSPS) is 22.7. The van der Waals surface area contributed by atoms with E-state index >= 15 is 0 Å². The van der Waals surface area contributed by atoms with Crippen LogP contribution in [-0.4, -0.2) is 47.4 Å². The van der Waals surface area contributed by atoms with E-state index in [-0.39, 0.29) is 18.5 Å². The number of aromatic nitrogens is 1. The van der Waals surface area contributed by atoms with E-state index in [1.54, 1.807) is 24.5 Å². The third-order valence-corrected chi connectivity index (χ3v) is 4.38. The second-order valence-corrected chi connectivity index (χ2v) is 6.28. The Labute approximate surface area is 147 Å². The number of benzene rings is 1. The maximum absolute atomic E-state index is 12.0. The summed E-state index contributed by atoms with van der Waals surface area (Å²) in [6.45, 7) is 3.41. The van der Waals surface area contributed by atoms with Gasteiger partial charge in [-0.15, -0.1) is 0 Å². The Kier molecular flexibility index (Phi) is 5.75. The molecule has 0 aliphatic carbocycles. The van der Waals surface area contributed by atoms with Crippen LogP contribution in [0.25, 0.3) is 0 Å². The summed E-state index contributed by atoms with van der Waals surface area (Å²) in [6, 6.07) is 11.4. The first-order chi connectivity index (χ1) is 12.1. The molecular formula is C19H23N3O3. The SMILES string of the molecule is Cc1ccc(CNC2COC(CNC(=O)c3ccncc3)C2O)cc1. The molecule has 2 aromatic rings. The number of hydrogen-bond acceptors (Lipinski definition) is 5. The van der Waals surface area contributed by atoms with E-state index in [0.29, 0.717) is 18.7 Å². The Bertz CT molecular complexity index is 691. The second-order valence-electron chi connectivity index (χ2n) is 6.28. The maximum atomic E-state index is 12.0. The highest BCUT2D eigenvalue weighted by Gasteiger charge is 2.35. The molecule has 0 bridgehead atoms. The van der Waals surface area contributed by atoms with E-state index in [4.69, 9.17) is 4.74 Å². The van der Waals surface area contributed by atoms with Gasteiger partial charge in [-0.25, -0.2) is 0 Å². The van der Waals surface area contributed by atoms with Crippen molar-refractivity contribution < 1.29 is 14.6 Å². The lowest BCUT2D eigenvalue weighted by atomic mass is 10.1. The quantitative estimate of drug-likeness (QED) is 0.731. The molecule has 6 heteroatoms. The highest BCUT2D eigenvalue weighted by Crippen LogP contribution is 2.15. The van der Waals surface area contributed by atoms with Crippen LogP contribution in [0.5, 0.6) is 0 Å². The average Bonchev–Trinajstić information content (AvgIpc) is 3.00. The third kappa shape index (κ3) is 4.63. The molecule has 1 saturated heterocycles. The molecular weight excluding hydrogens is 318 g/mol. The Hall–Kier alpha value is -2.28. The minimum atomic E-state index is -0.664. The summed E-state index contributed by atoms with van der Waals surface area (Å²) in [5.41, 5.74) is 2.92. The molecule has 2 heterocycles. The lowest BCUT2D eigenvalue weighted by Gasteiger charge is -2.19. The smallest absolute Gasteiger partial charge is 0.251 e. The van der Waals surface area contributed by atoms with Gasteiger partial charge < -0.3 is 20.5 Å². The van der Waals surface area contributed by atoms with Crippen LogP contribution in [0.15, 0.2) is 48.8 Å². The van der Waals surface area contributed by atoms with Crippen molar-refractivity contribution in [3.8, 4) is 0 Å². The van der Waals surface area contributed by atoms with Gasteiger partial charge in [0.25, 0.3) is 5.91 Å². The van der Waals surface area contributed by atoms with E-state index in [0.717, 1.165) is 5.56 Å². The summed E-state index contributed by atoms with van der Waals surface area (Å²) >= 11 is 0. The van der Waals surface area contributed by atoms with Crippen molar-refractivity contribution in [2.75, 3.05) is 13.2 Å². The summed E-state index contributed by atoms with van der Waals surface area (Å²) in [6.07, 6.45) is 2.06. The highest BCUT2D eigenvalue weighted by atomic mass is 16.5. The molecule has 6 nitrogen and oxygen atoms in total. The highest BCUT2D eigenvalue weighted by molar-refractivity contribution is 5.93. The van der Waals surface area contributed by atoms with Crippen LogP contribution in [0, 0.1) is 6.92 Å². The topological polar surface area (TPSA) is 83.5 Å². The lowest BCUT2D eigenvalue weighted by molar-refractivity contribution is 0.0398. The number of carbonyl (C=O) groups excluding carboxylic acids is 1. The third-order valence-electron chi connectivity index (χ3n) is 4.38. The van der Waals surface area contributed by atoms with Gasteiger partial charge in [0.15, 0.2) is 0 Å². The first-order valence-corrected chi connectivity index (χ1v) is 8.40. The zero-order chi connectivity index (χ0) is 17.6. The summed E-state index contributed by atoms with van der Waals surface area (Å²) in [5, 5.41) is 16.5. The summed E-state index contributed by atoms with van der Waals surface area (Å²) in [7, 11) is 0. The van der Waals surface area contributed by atoms with E-state index in [2.05, 4.69) is 46.8 Å². The zero-order valence-electron chi connectivity index (χ0n) is 14.2. The van der Waals surface area contributed by atoms with Crippen LogP contribution in [0.1, 0.15) is 21.5 Å². The average molecular weight is 341 g/mol. The molecule has 3 atom stereocenters. The Morgan fingerprint density at radius 3 is 2.68 bits per heavy atom. The van der Waals surface area contributed by atoms with E-state index in [1.807, 2.05) is 0 Å². The van der Waals surface area contributed by atoms with Gasteiger partial charge in [0, 0.05) is 31.0 Å². The molecule has 1 amide bonds. The first kappa shape index (κ1) is 17.5. The summed E-state index contributed by atoms with van der Waals surface area (Å²) in [4.78, 5) is 15.9. The first-order valence-electron chi connectivity index (χ1n) is 8.40. The number of nitrogens with zero attached hydrogens (tertiary/aromatic N) is 1. The molecule has 3 unspecified atom stereocenters. The predicted molar refractivity (Wildman–Crippen MR) is 94.1 cm³/mol. The van der Waals surface area contributed by atoms with Crippen LogP contribution >= 0.6 is 0 Å². The Balaban J connectivity index is 1.46. The van der Waals surface area contributed by atoms with Gasteiger partial charge in [-0.05, 0) is 24.6 Å². The molecule has 132 valence electrons. The number of ether oxygens (including phenoxy) is 1. The predicted octanol–water partition coefficient (Wildman–Crippen LogP) is 1.04. The van der Waals surface area contributed by atoms with Crippen molar-refractivity contribution in [2.45, 2.75) is 31.7 Å². The fourth-order valence-electron chi connectivity index (χ4n) is 2.80. The molecule has 3 rings (SSSR count). The van der Waals surface area contributed by atoms with E-state index < -0.39 is 12.2 Å². The van der Waals surface area contributed by atoms with Gasteiger partial charge in [-0.2, -0.15) is 0 Å². The van der Waals surface area contributed by atoms with Crippen LogP contribution in [-0.2, 0) is 11.3 Å². The van der Waals surface area contributed by atoms with Gasteiger partial charge in [-0.1, -0.05) is 29.8 Å². The van der Waals surface area contributed by atoms with E-state index in [1.165, 1.54) is 5.56 Å². The van der Waals surface area contributed by atoms with Gasteiger partial charge in [0.1, 0.15) is 6.10 Å². The standard InChI is InChI=1S/C19H23N3O3/c1-13-2-4-14(5-3-13)10-21-16-12-25-17(18(16)23)11-22-19(24)15-6-8-20-9-7-15/h2-9,16-18,21,23H,10-12H2,1H3,(H,22,24). The number of pyridine rings is 1. The van der Waals surface area contributed by atoms with Gasteiger partial charge in [0.05, 0.1) is 18.8 Å². The molecule has 1 fully saturated rings. The number of hydrogen-bond donors (Lipinski definition) is 3. The molecule has 1 aromatic carbocycles. The van der Waals surface area contributed by atoms with Crippen molar-refractivity contribution in [3.05, 3.63) is 65.5 Å². The molecule has 0 spiro atoms. The number of carbonyl (C=O) groups is 1. The van der Waals surface area contributed by atoms with Crippen LogP contribution in [0.3, 0.4) is 0 Å². The molecule has 25 heavy (non-hydrogen) atoms. The van der Waals surface area contributed by atoms with Crippen molar-refractivity contribution in [3.63, 3.8) is 0 Å². The van der Waals surface area contributed by atoms with Gasteiger partial charge in [0.2, 0.25) is 0 Å². The van der Waals surface area contributed by atoms with Gasteiger partial charge in [-0.3, -0.25) is 9.78 Å². The minimum Gasteiger partial charge on any atom is -0.389 e. The fraction of sp³-hybridized carbons (Fsp3) is 0.368. The maximum Gasteiger partial charge on any atom is 0.251 e. The Morgan fingerprint density at radius 2 is 1.96 bits per heavy atom. The number of aliphatic hydroxyl groups excluding tert-OH is 1. The number of amides is 1. The molecule has 3 N–H and O–H groups in total. The van der Waals surface area contributed by atoms with Crippen molar-refractivity contribution in [2.24, 2.45) is 0 Å². The number of aryl methyl sites for hydroxylation is 1. The lowest BCUT2D eigenvalue weighted by Crippen LogP contribution is -2.44. The Morgan fingerprint density at radius 1 is 1.24 bits per heavy atom. The summed E-state index contributed by atoms with van der Waals surface area (Å²) in [5.74, 6) is -0.200. The number of nitrogens with one attached hydrogen (secondary N) is 2. The molecule has 0 saturated carbocycles. The summed E-state index contributed by atoms with van der Waals surface area (Å²) < 4.78 is 5.63. The molecule has 0 radical (unpaired) electrons. The molecule has 1 aliphatic heterocycles. The van der Waals surface area contributed by atoms with Crippen molar-refractivity contribution in [1.29, 1.82) is 0 Å². The monoisotopic (exact) mass is 341 g/mol. The van der Waals surface area contributed by atoms with Crippen molar-refractivity contribution >= 4 is 5.91 Å². The largest absolute Gasteiger partial charge is 0.389 e. The second kappa shape index (κ2) is 8.20. The van der Waals surface area contributed by atoms with Crippen LogP contribution in [0.2, 0.25) is 0 Å². The van der Waals surface area contributed by atoms with Crippen molar-refractivity contribution in [1.82, 2.24) is 15.6 Å². The minimum absolute atomic E-state index is 0.149. The molecule has 1 aromatic heterocycles. The zero-order valence-corrected chi connectivity index (χ0v) is 14.2. The van der Waals surface area contributed by atoms with E-state index in [9.17, 15) is 9.90 Å². The number of aliphatic hydroxyl groups is 1. The molecule has 1 aliphatic rings. The number of rotatable bonds is 6. The fourth-order valence-corrected chi connectivity index (χ4v) is 2.80. The van der Waals surface area contributed by atoms with Gasteiger partial charge >= 0.3 is 0 Å².